The fourth-order valence-electron chi connectivity index (χ4n) is 1.94. The number of nitrogens with two attached hydrogens (primary N) is 1. The molecule has 3 rings (SSSR count). The van der Waals surface area contributed by atoms with Gasteiger partial charge in [-0.2, -0.15) is 5.10 Å². The zero-order valence-electron chi connectivity index (χ0n) is 10.7. The van der Waals surface area contributed by atoms with Gasteiger partial charge in [0.15, 0.2) is 5.75 Å². The second kappa shape index (κ2) is 5.38. The third-order valence-corrected chi connectivity index (χ3v) is 2.92. The summed E-state index contributed by atoms with van der Waals surface area (Å²) in [5.74, 6) is 0.691. The average Bonchev–Trinajstić information content (AvgIpc) is 2.74. The van der Waals surface area contributed by atoms with E-state index in [0.717, 1.165) is 10.9 Å². The van der Waals surface area contributed by atoms with Gasteiger partial charge in [-0.05, 0) is 30.3 Å². The van der Waals surface area contributed by atoms with Crippen LogP contribution < -0.4 is 10.5 Å². The predicted octanol–water partition coefficient (Wildman–Crippen LogP) is 3.51. The smallest absolute Gasteiger partial charge is 0.150 e. The Hall–Kier alpha value is -2.27. The van der Waals surface area contributed by atoms with Crippen molar-refractivity contribution in [3.63, 3.8) is 0 Å². The van der Waals surface area contributed by atoms with Gasteiger partial charge >= 0.3 is 0 Å². The summed E-state index contributed by atoms with van der Waals surface area (Å²) in [6, 6.07) is 9.67. The Morgan fingerprint density at radius 2 is 2.00 bits per heavy atom. The van der Waals surface area contributed by atoms with Crippen LogP contribution in [0.4, 0.5) is 10.1 Å². The van der Waals surface area contributed by atoms with Gasteiger partial charge in [-0.3, -0.25) is 4.68 Å². The lowest BCUT2D eigenvalue weighted by Crippen LogP contribution is -1.93. The molecule has 0 aliphatic rings. The van der Waals surface area contributed by atoms with Crippen molar-refractivity contribution in [2.45, 2.75) is 0 Å². The summed E-state index contributed by atoms with van der Waals surface area (Å²) in [5.41, 5.74) is 6.99. The number of fused-ring (bicyclic) bond motifs is 1. The number of nitrogens with zero attached hydrogens (tertiary/aromatic N) is 2. The number of rotatable bonds is 2. The van der Waals surface area contributed by atoms with E-state index in [4.69, 9.17) is 10.5 Å². The molecule has 0 spiro atoms. The van der Waals surface area contributed by atoms with Crippen LogP contribution in [-0.2, 0) is 7.05 Å². The molecule has 0 amide bonds. The number of anilines is 1. The molecule has 2 N–H and O–H groups in total. The number of ether oxygens (including phenoxy) is 1. The van der Waals surface area contributed by atoms with Gasteiger partial charge in [0.25, 0.3) is 0 Å². The highest BCUT2D eigenvalue weighted by molar-refractivity contribution is 5.85. The fourth-order valence-corrected chi connectivity index (χ4v) is 1.94. The van der Waals surface area contributed by atoms with E-state index in [1.54, 1.807) is 10.9 Å². The number of nitrogen functional groups attached to an aromatic ring is 1. The molecule has 0 bridgehead atoms. The Bertz CT molecular complexity index is 757. The van der Waals surface area contributed by atoms with Crippen molar-refractivity contribution in [3.8, 4) is 11.5 Å². The molecule has 1 aromatic heterocycles. The first-order valence-electron chi connectivity index (χ1n) is 5.78. The van der Waals surface area contributed by atoms with Gasteiger partial charge < -0.3 is 10.5 Å². The topological polar surface area (TPSA) is 53.1 Å². The van der Waals surface area contributed by atoms with Crippen molar-refractivity contribution < 1.29 is 9.13 Å². The maximum atomic E-state index is 13.0. The average molecular weight is 294 g/mol. The van der Waals surface area contributed by atoms with Crippen LogP contribution in [0, 0.1) is 5.82 Å². The summed E-state index contributed by atoms with van der Waals surface area (Å²) in [6.07, 6.45) is 1.76. The van der Waals surface area contributed by atoms with Gasteiger partial charge in [0.2, 0.25) is 0 Å². The third kappa shape index (κ3) is 2.53. The Labute approximate surface area is 121 Å². The molecule has 0 saturated carbocycles. The maximum absolute atomic E-state index is 13.0. The third-order valence-electron chi connectivity index (χ3n) is 2.92. The fraction of sp³-hybridized carbons (Fsp3) is 0.0714. The van der Waals surface area contributed by atoms with Crippen LogP contribution >= 0.6 is 12.4 Å². The summed E-state index contributed by atoms with van der Waals surface area (Å²) in [4.78, 5) is 0. The molecule has 0 fully saturated rings. The number of aromatic nitrogens is 2. The van der Waals surface area contributed by atoms with Crippen LogP contribution in [-0.4, -0.2) is 9.78 Å². The monoisotopic (exact) mass is 293 g/mol. The zero-order valence-corrected chi connectivity index (χ0v) is 11.5. The predicted molar refractivity (Wildman–Crippen MR) is 78.8 cm³/mol. The molecule has 0 aliphatic heterocycles. The van der Waals surface area contributed by atoms with Gasteiger partial charge in [0, 0.05) is 18.5 Å². The number of hydrogen-bond donors (Lipinski definition) is 1. The lowest BCUT2D eigenvalue weighted by Gasteiger charge is -2.08. The highest BCUT2D eigenvalue weighted by Gasteiger charge is 2.06. The van der Waals surface area contributed by atoms with Crippen LogP contribution in [0.15, 0.2) is 42.6 Å². The number of hydrogen-bond acceptors (Lipinski definition) is 3. The Balaban J connectivity index is 0.00000147. The normalized spacial score (nSPS) is 10.3. The summed E-state index contributed by atoms with van der Waals surface area (Å²) in [7, 11) is 1.88. The van der Waals surface area contributed by atoms with Gasteiger partial charge in [0.05, 0.1) is 17.4 Å². The lowest BCUT2D eigenvalue weighted by atomic mass is 10.2. The summed E-state index contributed by atoms with van der Waals surface area (Å²) >= 11 is 0. The standard InChI is InChI=1S/C14H12FN3O.ClH/c1-18-13-4-3-11(6-9(13)8-17-18)19-14-5-2-10(15)7-12(14)16;/h2-8H,16H2,1H3;1H. The molecule has 2 aromatic carbocycles. The maximum Gasteiger partial charge on any atom is 0.150 e. The molecule has 3 aromatic rings. The summed E-state index contributed by atoms with van der Waals surface area (Å²) in [5, 5.41) is 5.13. The van der Waals surface area contributed by atoms with E-state index in [2.05, 4.69) is 5.10 Å². The minimum atomic E-state index is -0.382. The van der Waals surface area contributed by atoms with Crippen molar-refractivity contribution in [2.24, 2.45) is 7.05 Å². The van der Waals surface area contributed by atoms with Crippen molar-refractivity contribution in [2.75, 3.05) is 5.73 Å². The van der Waals surface area contributed by atoms with E-state index in [0.29, 0.717) is 11.5 Å². The SMILES string of the molecule is Cl.Cn1ncc2cc(Oc3ccc(F)cc3N)ccc21. The highest BCUT2D eigenvalue weighted by Crippen LogP contribution is 2.29. The van der Waals surface area contributed by atoms with E-state index in [1.807, 2.05) is 25.2 Å². The van der Waals surface area contributed by atoms with Gasteiger partial charge in [-0.1, -0.05) is 0 Å². The van der Waals surface area contributed by atoms with E-state index >= 15 is 0 Å². The summed E-state index contributed by atoms with van der Waals surface area (Å²) < 4.78 is 20.4. The summed E-state index contributed by atoms with van der Waals surface area (Å²) in [6.45, 7) is 0. The van der Waals surface area contributed by atoms with E-state index in [1.165, 1.54) is 18.2 Å². The van der Waals surface area contributed by atoms with E-state index < -0.39 is 0 Å². The molecule has 0 aliphatic carbocycles. The van der Waals surface area contributed by atoms with Crippen molar-refractivity contribution in [3.05, 3.63) is 48.4 Å². The minimum absolute atomic E-state index is 0. The molecule has 0 radical (unpaired) electrons. The molecule has 1 heterocycles. The zero-order chi connectivity index (χ0) is 13.4. The second-order valence-corrected chi connectivity index (χ2v) is 4.27. The first-order valence-corrected chi connectivity index (χ1v) is 5.78. The first kappa shape index (κ1) is 14.1. The Morgan fingerprint density at radius 1 is 1.20 bits per heavy atom. The lowest BCUT2D eigenvalue weighted by molar-refractivity contribution is 0.484. The molecule has 20 heavy (non-hydrogen) atoms. The van der Waals surface area contributed by atoms with Crippen LogP contribution in [0.5, 0.6) is 11.5 Å². The molecule has 4 nitrogen and oxygen atoms in total. The van der Waals surface area contributed by atoms with Gasteiger partial charge in [0.1, 0.15) is 11.6 Å². The van der Waals surface area contributed by atoms with Crippen LogP contribution in [0.3, 0.4) is 0 Å². The van der Waals surface area contributed by atoms with Crippen molar-refractivity contribution in [1.82, 2.24) is 9.78 Å². The molecular weight excluding hydrogens is 281 g/mol. The number of benzene rings is 2. The van der Waals surface area contributed by atoms with Crippen LogP contribution in [0.1, 0.15) is 0 Å². The Kier molecular flexibility index (Phi) is 3.81. The van der Waals surface area contributed by atoms with E-state index in [9.17, 15) is 4.39 Å². The van der Waals surface area contributed by atoms with Crippen molar-refractivity contribution in [1.29, 1.82) is 0 Å². The largest absolute Gasteiger partial charge is 0.455 e. The molecule has 104 valence electrons. The van der Waals surface area contributed by atoms with E-state index in [-0.39, 0.29) is 23.9 Å². The Morgan fingerprint density at radius 3 is 2.75 bits per heavy atom. The first-order chi connectivity index (χ1) is 9.13. The number of halogens is 2. The van der Waals surface area contributed by atoms with Gasteiger partial charge in [-0.25, -0.2) is 4.39 Å². The molecule has 6 heteroatoms. The molecule has 0 saturated heterocycles. The minimum Gasteiger partial charge on any atom is -0.455 e. The highest BCUT2D eigenvalue weighted by atomic mass is 35.5. The quantitative estimate of drug-likeness (QED) is 0.736. The van der Waals surface area contributed by atoms with Crippen molar-refractivity contribution >= 4 is 29.0 Å². The molecule has 0 unspecified atom stereocenters. The molecular formula is C14H13ClFN3O. The molecule has 0 atom stereocenters. The van der Waals surface area contributed by atoms with Crippen LogP contribution in [0.2, 0.25) is 0 Å². The second-order valence-electron chi connectivity index (χ2n) is 4.27. The van der Waals surface area contributed by atoms with Crippen LogP contribution in [0.25, 0.3) is 10.9 Å². The number of aryl methyl sites for hydroxylation is 1. The van der Waals surface area contributed by atoms with Gasteiger partial charge in [-0.15, -0.1) is 12.4 Å².